The number of amides is 1. The van der Waals surface area contributed by atoms with Crippen molar-refractivity contribution in [2.45, 2.75) is 74.8 Å². The Hall–Kier alpha value is -1.93. The van der Waals surface area contributed by atoms with E-state index in [0.29, 0.717) is 18.2 Å². The summed E-state index contributed by atoms with van der Waals surface area (Å²) in [7, 11) is 0. The van der Waals surface area contributed by atoms with Crippen LogP contribution >= 0.6 is 11.8 Å². The highest BCUT2D eigenvalue weighted by Crippen LogP contribution is 2.30. The molecular weight excluding hydrogens is 432 g/mol. The molecule has 33 heavy (non-hydrogen) atoms. The zero-order valence-corrected chi connectivity index (χ0v) is 20.8. The topological polar surface area (TPSA) is 91.5 Å². The lowest BCUT2D eigenvalue weighted by molar-refractivity contribution is -0.129. The van der Waals surface area contributed by atoms with E-state index in [4.69, 9.17) is 5.73 Å². The van der Waals surface area contributed by atoms with E-state index < -0.39 is 6.10 Å². The molecule has 0 aliphatic carbocycles. The molecule has 1 aromatic carbocycles. The van der Waals surface area contributed by atoms with Gasteiger partial charge in [-0.3, -0.25) is 14.7 Å². The maximum absolute atomic E-state index is 13.2. The molecule has 0 unspecified atom stereocenters. The first kappa shape index (κ1) is 25.7. The molecule has 1 aliphatic rings. The summed E-state index contributed by atoms with van der Waals surface area (Å²) in [6.45, 7) is 7.16. The van der Waals surface area contributed by atoms with Crippen molar-refractivity contribution < 1.29 is 9.90 Å². The lowest BCUT2D eigenvalue weighted by Gasteiger charge is -2.41. The number of nitrogens with two attached hydrogens (primary N) is 1. The fourth-order valence-corrected chi connectivity index (χ4v) is 5.36. The van der Waals surface area contributed by atoms with Gasteiger partial charge < -0.3 is 16.2 Å². The number of thioether (sulfide) groups is 1. The Labute approximate surface area is 202 Å². The lowest BCUT2D eigenvalue weighted by atomic mass is 9.96. The molecule has 1 aliphatic heterocycles. The largest absolute Gasteiger partial charge is 0.390 e. The number of nitrogens with zero attached hydrogens (tertiary/aromatic N) is 2. The molecule has 0 saturated carbocycles. The number of aliphatic hydroxyl groups excluding tert-OH is 1. The van der Waals surface area contributed by atoms with Gasteiger partial charge in [-0.25, -0.2) is 0 Å². The van der Waals surface area contributed by atoms with Crippen molar-refractivity contribution in [2.24, 2.45) is 5.73 Å². The standard InChI is InChI=1S/C26H38N4O2S/c1-26(2,3)29-25(32)23-15-21(33-18-20-10-7-12-28-16-20)11-13-30(23)17-24(31)22(27)14-19-8-5-4-6-9-19/h4-10,12,16,21-24,31H,11,13-15,17-18,27H2,1-3H3,(H,29,32)/t21-,22+,23+,24-/m1/s1. The summed E-state index contributed by atoms with van der Waals surface area (Å²) in [5, 5.41) is 14.4. The number of carbonyl (C=O) groups excluding carboxylic acids is 1. The van der Waals surface area contributed by atoms with Crippen LogP contribution < -0.4 is 11.1 Å². The normalized spacial score (nSPS) is 21.4. The lowest BCUT2D eigenvalue weighted by Crippen LogP contribution is -2.58. The smallest absolute Gasteiger partial charge is 0.237 e. The number of aromatic nitrogens is 1. The van der Waals surface area contributed by atoms with Crippen LogP contribution in [-0.2, 0) is 17.0 Å². The van der Waals surface area contributed by atoms with Crippen LogP contribution in [0.1, 0.15) is 44.7 Å². The third kappa shape index (κ3) is 8.41. The molecule has 4 atom stereocenters. The molecule has 0 bridgehead atoms. The first-order valence-electron chi connectivity index (χ1n) is 11.8. The Morgan fingerprint density at radius 3 is 2.64 bits per heavy atom. The van der Waals surface area contributed by atoms with E-state index in [1.54, 1.807) is 6.20 Å². The number of hydrogen-bond donors (Lipinski definition) is 3. The van der Waals surface area contributed by atoms with Gasteiger partial charge in [0.25, 0.3) is 0 Å². The van der Waals surface area contributed by atoms with E-state index in [1.807, 2.05) is 75.1 Å². The van der Waals surface area contributed by atoms with Crippen LogP contribution in [0.3, 0.4) is 0 Å². The van der Waals surface area contributed by atoms with Gasteiger partial charge in [-0.2, -0.15) is 11.8 Å². The fourth-order valence-electron chi connectivity index (χ4n) is 4.17. The van der Waals surface area contributed by atoms with Crippen LogP contribution in [0.15, 0.2) is 54.9 Å². The average molecular weight is 471 g/mol. The first-order chi connectivity index (χ1) is 15.7. The highest BCUT2D eigenvalue weighted by molar-refractivity contribution is 7.99. The van der Waals surface area contributed by atoms with Gasteiger partial charge in [-0.1, -0.05) is 36.4 Å². The molecule has 3 rings (SSSR count). The number of carbonyl (C=O) groups is 1. The molecule has 7 heteroatoms. The zero-order valence-electron chi connectivity index (χ0n) is 20.0. The number of pyridine rings is 1. The summed E-state index contributed by atoms with van der Waals surface area (Å²) in [6.07, 6.45) is 5.33. The maximum Gasteiger partial charge on any atom is 0.237 e. The number of β-amino-alcohol motifs (C(OH)–C–C–N with tert-alkyl or cyclic N) is 1. The van der Waals surface area contributed by atoms with Crippen LogP contribution in [0.2, 0.25) is 0 Å². The van der Waals surface area contributed by atoms with E-state index in [9.17, 15) is 9.90 Å². The van der Waals surface area contributed by atoms with Crippen molar-refractivity contribution in [2.75, 3.05) is 13.1 Å². The monoisotopic (exact) mass is 470 g/mol. The van der Waals surface area contributed by atoms with Gasteiger partial charge in [-0.05, 0) is 57.2 Å². The Bertz CT molecular complexity index is 860. The van der Waals surface area contributed by atoms with E-state index in [-0.39, 0.29) is 23.5 Å². The minimum atomic E-state index is -0.699. The molecule has 0 spiro atoms. The average Bonchev–Trinajstić information content (AvgIpc) is 2.78. The van der Waals surface area contributed by atoms with Crippen molar-refractivity contribution in [1.82, 2.24) is 15.2 Å². The van der Waals surface area contributed by atoms with Crippen molar-refractivity contribution in [3.63, 3.8) is 0 Å². The number of benzene rings is 1. The summed E-state index contributed by atoms with van der Waals surface area (Å²) >= 11 is 1.88. The summed E-state index contributed by atoms with van der Waals surface area (Å²) in [5.74, 6) is 0.912. The van der Waals surface area contributed by atoms with Crippen molar-refractivity contribution >= 4 is 17.7 Å². The second-order valence-electron chi connectivity index (χ2n) is 9.99. The van der Waals surface area contributed by atoms with Crippen molar-refractivity contribution in [3.05, 3.63) is 66.0 Å². The number of aliphatic hydroxyl groups is 1. The summed E-state index contributed by atoms with van der Waals surface area (Å²) < 4.78 is 0. The Balaban J connectivity index is 1.62. The molecule has 0 radical (unpaired) electrons. The summed E-state index contributed by atoms with van der Waals surface area (Å²) in [6, 6.07) is 13.4. The van der Waals surface area contributed by atoms with Crippen molar-refractivity contribution in [3.8, 4) is 0 Å². The predicted octanol–water partition coefficient (Wildman–Crippen LogP) is 2.99. The van der Waals surface area contributed by atoms with Gasteiger partial charge in [0, 0.05) is 48.1 Å². The maximum atomic E-state index is 13.2. The van der Waals surface area contributed by atoms with Crippen LogP contribution in [0.25, 0.3) is 0 Å². The molecule has 1 fully saturated rings. The molecule has 1 aromatic heterocycles. The van der Waals surface area contributed by atoms with Gasteiger partial charge >= 0.3 is 0 Å². The predicted molar refractivity (Wildman–Crippen MR) is 136 cm³/mol. The molecule has 180 valence electrons. The van der Waals surface area contributed by atoms with Crippen molar-refractivity contribution in [1.29, 1.82) is 0 Å². The summed E-state index contributed by atoms with van der Waals surface area (Å²) in [4.78, 5) is 19.5. The number of piperidine rings is 1. The van der Waals surface area contributed by atoms with Gasteiger partial charge in [0.1, 0.15) is 0 Å². The van der Waals surface area contributed by atoms with E-state index in [0.717, 1.165) is 30.7 Å². The molecular formula is C26H38N4O2S. The summed E-state index contributed by atoms with van der Waals surface area (Å²) in [5.41, 5.74) is 8.34. The van der Waals surface area contributed by atoms with Crippen LogP contribution in [0.4, 0.5) is 0 Å². The Morgan fingerprint density at radius 2 is 1.97 bits per heavy atom. The second kappa shape index (κ2) is 12.0. The molecule has 6 nitrogen and oxygen atoms in total. The molecule has 4 N–H and O–H groups in total. The van der Waals surface area contributed by atoms with Gasteiger partial charge in [0.2, 0.25) is 5.91 Å². The minimum Gasteiger partial charge on any atom is -0.390 e. The third-order valence-electron chi connectivity index (χ3n) is 5.90. The number of likely N-dealkylation sites (tertiary alicyclic amines) is 1. The van der Waals surface area contributed by atoms with Crippen LogP contribution in [0.5, 0.6) is 0 Å². The van der Waals surface area contributed by atoms with Crippen LogP contribution in [-0.4, -0.2) is 63.0 Å². The van der Waals surface area contributed by atoms with E-state index in [1.165, 1.54) is 5.56 Å². The van der Waals surface area contributed by atoms with Gasteiger partial charge in [0.05, 0.1) is 12.1 Å². The van der Waals surface area contributed by atoms with E-state index >= 15 is 0 Å². The number of rotatable bonds is 9. The molecule has 1 amide bonds. The minimum absolute atomic E-state index is 0.0259. The number of nitrogens with one attached hydrogen (secondary N) is 1. The second-order valence-corrected chi connectivity index (χ2v) is 11.3. The zero-order chi connectivity index (χ0) is 23.8. The van der Waals surface area contributed by atoms with E-state index in [2.05, 4.69) is 21.3 Å². The first-order valence-corrected chi connectivity index (χ1v) is 12.8. The highest BCUT2D eigenvalue weighted by Gasteiger charge is 2.36. The third-order valence-corrected chi connectivity index (χ3v) is 7.30. The SMILES string of the molecule is CC(C)(C)NC(=O)[C@@H]1C[C@H](SCc2cccnc2)CCN1C[C@@H](O)[C@@H](N)Cc1ccccc1. The Kier molecular flexibility index (Phi) is 9.32. The van der Waals surface area contributed by atoms with Gasteiger partial charge in [0.15, 0.2) is 0 Å². The highest BCUT2D eigenvalue weighted by atomic mass is 32.2. The number of hydrogen-bond acceptors (Lipinski definition) is 6. The quantitative estimate of drug-likeness (QED) is 0.522. The van der Waals surface area contributed by atoms with Gasteiger partial charge in [-0.15, -0.1) is 0 Å². The Morgan fingerprint density at radius 1 is 1.24 bits per heavy atom. The van der Waals surface area contributed by atoms with Crippen LogP contribution in [0, 0.1) is 0 Å². The molecule has 2 heterocycles. The molecule has 2 aromatic rings. The fraction of sp³-hybridized carbons (Fsp3) is 0.538. The molecule has 1 saturated heterocycles.